The minimum Gasteiger partial charge on any atom is -0.371 e. The van der Waals surface area contributed by atoms with E-state index in [4.69, 9.17) is 10.00 Å². The van der Waals surface area contributed by atoms with E-state index < -0.39 is 0 Å². The number of nitrogens with zero attached hydrogens (tertiary/aromatic N) is 4. The van der Waals surface area contributed by atoms with Crippen molar-refractivity contribution in [1.29, 1.82) is 5.26 Å². The number of nitrogens with one attached hydrogen (secondary N) is 1. The SMILES string of the molecule is Cc1c([C@H]2OCC[C@@H]2NC(=O)c2cc(C#N)cn2C)cnn1C. The summed E-state index contributed by atoms with van der Waals surface area (Å²) in [5, 5.41) is 16.2. The van der Waals surface area contributed by atoms with E-state index in [0.29, 0.717) is 17.9 Å². The van der Waals surface area contributed by atoms with Crippen LogP contribution in [0.2, 0.25) is 0 Å². The molecule has 0 saturated carbocycles. The van der Waals surface area contributed by atoms with Crippen LogP contribution in [0, 0.1) is 18.3 Å². The van der Waals surface area contributed by atoms with Gasteiger partial charge in [-0.25, -0.2) is 0 Å². The summed E-state index contributed by atoms with van der Waals surface area (Å²) in [4.78, 5) is 12.5. The van der Waals surface area contributed by atoms with Crippen LogP contribution in [0.4, 0.5) is 0 Å². The first-order valence-electron chi connectivity index (χ1n) is 7.48. The van der Waals surface area contributed by atoms with Gasteiger partial charge in [-0.05, 0) is 19.4 Å². The van der Waals surface area contributed by atoms with Gasteiger partial charge in [-0.3, -0.25) is 9.48 Å². The average molecular weight is 313 g/mol. The molecule has 1 N–H and O–H groups in total. The molecule has 1 fully saturated rings. The molecule has 0 aromatic carbocycles. The Morgan fingerprint density at radius 1 is 1.52 bits per heavy atom. The fraction of sp³-hybridized carbons (Fsp3) is 0.438. The van der Waals surface area contributed by atoms with Crippen LogP contribution < -0.4 is 5.32 Å². The largest absolute Gasteiger partial charge is 0.371 e. The third-order valence-corrected chi connectivity index (χ3v) is 4.35. The fourth-order valence-electron chi connectivity index (χ4n) is 2.93. The number of nitriles is 1. The van der Waals surface area contributed by atoms with Gasteiger partial charge in [0.25, 0.3) is 5.91 Å². The van der Waals surface area contributed by atoms with Crippen molar-refractivity contribution in [1.82, 2.24) is 19.7 Å². The zero-order chi connectivity index (χ0) is 16.6. The summed E-state index contributed by atoms with van der Waals surface area (Å²) in [6.07, 6.45) is 3.99. The molecule has 120 valence electrons. The number of amides is 1. The summed E-state index contributed by atoms with van der Waals surface area (Å²) in [6.45, 7) is 2.58. The van der Waals surface area contributed by atoms with Crippen LogP contribution in [0.5, 0.6) is 0 Å². The zero-order valence-corrected chi connectivity index (χ0v) is 13.4. The summed E-state index contributed by atoms with van der Waals surface area (Å²) in [5.74, 6) is -0.198. The molecule has 7 heteroatoms. The molecular weight excluding hydrogens is 294 g/mol. The second kappa shape index (κ2) is 5.89. The number of ether oxygens (including phenoxy) is 1. The molecule has 1 aliphatic heterocycles. The number of aryl methyl sites for hydroxylation is 2. The zero-order valence-electron chi connectivity index (χ0n) is 13.4. The molecule has 0 radical (unpaired) electrons. The van der Waals surface area contributed by atoms with E-state index >= 15 is 0 Å². The molecule has 0 unspecified atom stereocenters. The lowest BCUT2D eigenvalue weighted by molar-refractivity contribution is 0.0813. The number of carbonyl (C=O) groups excluding carboxylic acids is 1. The molecule has 2 aromatic rings. The van der Waals surface area contributed by atoms with Gasteiger partial charge in [0, 0.05) is 38.2 Å². The number of carbonyl (C=O) groups is 1. The molecule has 0 bridgehead atoms. The van der Waals surface area contributed by atoms with E-state index in [1.807, 2.05) is 20.0 Å². The van der Waals surface area contributed by atoms with Crippen LogP contribution in [-0.2, 0) is 18.8 Å². The van der Waals surface area contributed by atoms with Crippen molar-refractivity contribution in [2.45, 2.75) is 25.5 Å². The Morgan fingerprint density at radius 3 is 2.91 bits per heavy atom. The molecular formula is C16H19N5O2. The maximum absolute atomic E-state index is 12.5. The first kappa shape index (κ1) is 15.3. The molecule has 1 aliphatic rings. The third kappa shape index (κ3) is 2.73. The third-order valence-electron chi connectivity index (χ3n) is 4.35. The van der Waals surface area contributed by atoms with Gasteiger partial charge in [-0.1, -0.05) is 0 Å². The normalized spacial score (nSPS) is 20.4. The van der Waals surface area contributed by atoms with Gasteiger partial charge >= 0.3 is 0 Å². The smallest absolute Gasteiger partial charge is 0.268 e. The van der Waals surface area contributed by atoms with Crippen LogP contribution >= 0.6 is 0 Å². The van der Waals surface area contributed by atoms with E-state index in [0.717, 1.165) is 17.7 Å². The van der Waals surface area contributed by atoms with Crippen molar-refractivity contribution in [3.8, 4) is 6.07 Å². The van der Waals surface area contributed by atoms with E-state index in [1.54, 1.807) is 34.8 Å². The first-order chi connectivity index (χ1) is 11.0. The lowest BCUT2D eigenvalue weighted by Gasteiger charge is -2.20. The van der Waals surface area contributed by atoms with Crippen molar-refractivity contribution in [2.24, 2.45) is 14.1 Å². The molecule has 0 spiro atoms. The second-order valence-electron chi connectivity index (χ2n) is 5.81. The van der Waals surface area contributed by atoms with Gasteiger partial charge in [-0.2, -0.15) is 10.4 Å². The van der Waals surface area contributed by atoms with Gasteiger partial charge in [-0.15, -0.1) is 0 Å². The lowest BCUT2D eigenvalue weighted by Crippen LogP contribution is -2.37. The topological polar surface area (TPSA) is 84.9 Å². The highest BCUT2D eigenvalue weighted by Gasteiger charge is 2.33. The molecule has 0 aliphatic carbocycles. The Morgan fingerprint density at radius 2 is 2.30 bits per heavy atom. The second-order valence-corrected chi connectivity index (χ2v) is 5.81. The van der Waals surface area contributed by atoms with Gasteiger partial charge in [0.1, 0.15) is 17.9 Å². The van der Waals surface area contributed by atoms with Crippen LogP contribution in [-0.4, -0.2) is 32.9 Å². The lowest BCUT2D eigenvalue weighted by atomic mass is 10.0. The minimum absolute atomic E-state index is 0.106. The summed E-state index contributed by atoms with van der Waals surface area (Å²) >= 11 is 0. The Bertz CT molecular complexity index is 783. The Balaban J connectivity index is 1.78. The fourth-order valence-corrected chi connectivity index (χ4v) is 2.93. The molecule has 2 aromatic heterocycles. The monoisotopic (exact) mass is 313 g/mol. The van der Waals surface area contributed by atoms with Gasteiger partial charge in [0.05, 0.1) is 17.8 Å². The van der Waals surface area contributed by atoms with Crippen molar-refractivity contribution in [2.75, 3.05) is 6.61 Å². The quantitative estimate of drug-likeness (QED) is 0.922. The van der Waals surface area contributed by atoms with Gasteiger partial charge in [0.2, 0.25) is 0 Å². The summed E-state index contributed by atoms with van der Waals surface area (Å²) in [5.41, 5.74) is 2.97. The molecule has 7 nitrogen and oxygen atoms in total. The molecule has 3 heterocycles. The number of hydrogen-bond acceptors (Lipinski definition) is 4. The number of aromatic nitrogens is 3. The van der Waals surface area contributed by atoms with E-state index in [2.05, 4.69) is 10.4 Å². The molecule has 1 saturated heterocycles. The minimum atomic E-state index is -0.198. The van der Waals surface area contributed by atoms with E-state index in [-0.39, 0.29) is 18.1 Å². The highest BCUT2D eigenvalue weighted by atomic mass is 16.5. The van der Waals surface area contributed by atoms with Crippen molar-refractivity contribution < 1.29 is 9.53 Å². The molecule has 2 atom stereocenters. The molecule has 3 rings (SSSR count). The van der Waals surface area contributed by atoms with Crippen LogP contribution in [0.1, 0.15) is 39.8 Å². The van der Waals surface area contributed by atoms with Crippen molar-refractivity contribution in [3.05, 3.63) is 41.0 Å². The highest BCUT2D eigenvalue weighted by Crippen LogP contribution is 2.31. The summed E-state index contributed by atoms with van der Waals surface area (Å²) in [6, 6.07) is 3.53. The standard InChI is InChI=1S/C16H19N5O2/c1-10-12(8-18-21(10)3)15-13(4-5-23-15)19-16(22)14-6-11(7-17)9-20(14)2/h6,8-9,13,15H,4-5H2,1-3H3,(H,19,22)/t13-,15+/m0/s1. The van der Waals surface area contributed by atoms with E-state index in [9.17, 15) is 4.79 Å². The maximum atomic E-state index is 12.5. The molecule has 23 heavy (non-hydrogen) atoms. The Hall–Kier alpha value is -2.59. The number of hydrogen-bond donors (Lipinski definition) is 1. The van der Waals surface area contributed by atoms with Crippen LogP contribution in [0.3, 0.4) is 0 Å². The van der Waals surface area contributed by atoms with Gasteiger partial charge < -0.3 is 14.6 Å². The highest BCUT2D eigenvalue weighted by molar-refractivity contribution is 5.93. The van der Waals surface area contributed by atoms with Gasteiger partial charge in [0.15, 0.2) is 0 Å². The van der Waals surface area contributed by atoms with E-state index in [1.165, 1.54) is 0 Å². The van der Waals surface area contributed by atoms with Crippen molar-refractivity contribution in [3.63, 3.8) is 0 Å². The van der Waals surface area contributed by atoms with Crippen LogP contribution in [0.25, 0.3) is 0 Å². The summed E-state index contributed by atoms with van der Waals surface area (Å²) in [7, 11) is 3.64. The summed E-state index contributed by atoms with van der Waals surface area (Å²) < 4.78 is 9.27. The maximum Gasteiger partial charge on any atom is 0.268 e. The number of rotatable bonds is 3. The predicted molar refractivity (Wildman–Crippen MR) is 82.6 cm³/mol. The average Bonchev–Trinajstić information content (AvgIpc) is 3.20. The first-order valence-corrected chi connectivity index (χ1v) is 7.48. The Kier molecular flexibility index (Phi) is 3.92. The predicted octanol–water partition coefficient (Wildman–Crippen LogP) is 1.20. The Labute approximate surface area is 134 Å². The van der Waals surface area contributed by atoms with Crippen molar-refractivity contribution >= 4 is 5.91 Å². The molecule has 1 amide bonds. The van der Waals surface area contributed by atoms with Crippen LogP contribution in [0.15, 0.2) is 18.5 Å².